The first kappa shape index (κ1) is 22.9. The Morgan fingerprint density at radius 1 is 1.23 bits per heavy atom. The molecular weight excluding hydrogens is 412 g/mol. The third-order valence-electron chi connectivity index (χ3n) is 4.78. The number of fused-ring (bicyclic) bond motifs is 1. The molecule has 0 radical (unpaired) electrons. The van der Waals surface area contributed by atoms with Gasteiger partial charge in [-0.3, -0.25) is 4.79 Å². The molecule has 0 fully saturated rings. The highest BCUT2D eigenvalue weighted by Crippen LogP contribution is 2.23. The molecule has 9 heteroatoms. The number of nitrogens with one attached hydrogen (secondary N) is 2. The summed E-state index contributed by atoms with van der Waals surface area (Å²) in [7, 11) is 1.64. The number of amides is 1. The van der Waals surface area contributed by atoms with Crippen LogP contribution in [0.15, 0.2) is 35.6 Å². The van der Waals surface area contributed by atoms with Crippen LogP contribution in [0, 0.1) is 5.92 Å². The van der Waals surface area contributed by atoms with Gasteiger partial charge >= 0.3 is 0 Å². The maximum Gasteiger partial charge on any atom is 0.220 e. The number of nitrogens with zero attached hydrogens (tertiary/aromatic N) is 4. The van der Waals surface area contributed by atoms with E-state index in [0.717, 1.165) is 34.7 Å². The van der Waals surface area contributed by atoms with E-state index in [1.165, 1.54) is 11.8 Å². The molecule has 2 heterocycles. The first-order valence-electron chi connectivity index (χ1n) is 10.4. The van der Waals surface area contributed by atoms with Crippen LogP contribution in [0.1, 0.15) is 25.8 Å². The number of aryl methyl sites for hydroxylation is 1. The van der Waals surface area contributed by atoms with Crippen molar-refractivity contribution in [1.29, 1.82) is 0 Å². The van der Waals surface area contributed by atoms with Gasteiger partial charge in [0.25, 0.3) is 0 Å². The molecule has 2 N–H and O–H groups in total. The predicted octanol–water partition coefficient (Wildman–Crippen LogP) is 3.37. The van der Waals surface area contributed by atoms with Crippen LogP contribution in [-0.4, -0.2) is 52.1 Å². The Hall–Kier alpha value is -2.81. The SMILES string of the molecule is COc1ccc(CCC(=O)NCCn2ncc3c(NCC(C)C)nc(SC)nc32)cc1. The van der Waals surface area contributed by atoms with Crippen molar-refractivity contribution in [2.75, 3.05) is 31.8 Å². The summed E-state index contributed by atoms with van der Waals surface area (Å²) in [5, 5.41) is 12.4. The molecule has 166 valence electrons. The molecule has 0 saturated heterocycles. The van der Waals surface area contributed by atoms with Gasteiger partial charge < -0.3 is 15.4 Å². The van der Waals surface area contributed by atoms with Crippen LogP contribution >= 0.6 is 11.8 Å². The van der Waals surface area contributed by atoms with Crippen molar-refractivity contribution in [3.05, 3.63) is 36.0 Å². The van der Waals surface area contributed by atoms with Gasteiger partial charge in [-0.1, -0.05) is 37.7 Å². The zero-order valence-electron chi connectivity index (χ0n) is 18.5. The van der Waals surface area contributed by atoms with Gasteiger partial charge in [-0.2, -0.15) is 5.10 Å². The fourth-order valence-corrected chi connectivity index (χ4v) is 3.43. The number of hydrogen-bond donors (Lipinski definition) is 2. The first-order chi connectivity index (χ1) is 15.0. The molecule has 31 heavy (non-hydrogen) atoms. The molecule has 0 bridgehead atoms. The normalized spacial score (nSPS) is 11.1. The van der Waals surface area contributed by atoms with Crippen molar-refractivity contribution in [3.63, 3.8) is 0 Å². The number of thioether (sulfide) groups is 1. The number of benzene rings is 1. The summed E-state index contributed by atoms with van der Waals surface area (Å²) in [5.74, 6) is 2.14. The lowest BCUT2D eigenvalue weighted by Crippen LogP contribution is -2.27. The van der Waals surface area contributed by atoms with Crippen LogP contribution in [0.2, 0.25) is 0 Å². The van der Waals surface area contributed by atoms with E-state index in [9.17, 15) is 4.79 Å². The summed E-state index contributed by atoms with van der Waals surface area (Å²) in [4.78, 5) is 21.4. The number of anilines is 1. The largest absolute Gasteiger partial charge is 0.497 e. The highest BCUT2D eigenvalue weighted by atomic mass is 32.2. The summed E-state index contributed by atoms with van der Waals surface area (Å²) >= 11 is 1.50. The highest BCUT2D eigenvalue weighted by Gasteiger charge is 2.13. The summed E-state index contributed by atoms with van der Waals surface area (Å²) in [6.45, 7) is 6.18. The second-order valence-corrected chi connectivity index (χ2v) is 8.41. The van der Waals surface area contributed by atoms with Crippen LogP contribution < -0.4 is 15.4 Å². The zero-order valence-corrected chi connectivity index (χ0v) is 19.3. The lowest BCUT2D eigenvalue weighted by atomic mass is 10.1. The van der Waals surface area contributed by atoms with Gasteiger partial charge in [0.05, 0.1) is 25.2 Å². The third kappa shape index (κ3) is 6.33. The molecule has 0 aliphatic rings. The summed E-state index contributed by atoms with van der Waals surface area (Å²) < 4.78 is 6.98. The van der Waals surface area contributed by atoms with E-state index in [4.69, 9.17) is 4.74 Å². The number of ether oxygens (including phenoxy) is 1. The average molecular weight is 443 g/mol. The zero-order chi connectivity index (χ0) is 22.2. The molecule has 3 rings (SSSR count). The number of aromatic nitrogens is 4. The van der Waals surface area contributed by atoms with Gasteiger partial charge in [0.15, 0.2) is 10.8 Å². The van der Waals surface area contributed by atoms with Crippen molar-refractivity contribution in [2.24, 2.45) is 5.92 Å². The number of rotatable bonds is 11. The minimum atomic E-state index is 0.0194. The minimum Gasteiger partial charge on any atom is -0.497 e. The third-order valence-corrected chi connectivity index (χ3v) is 5.33. The topological polar surface area (TPSA) is 94.0 Å². The van der Waals surface area contributed by atoms with Crippen LogP contribution in [0.4, 0.5) is 5.82 Å². The van der Waals surface area contributed by atoms with Crippen molar-refractivity contribution in [3.8, 4) is 5.75 Å². The Balaban J connectivity index is 1.56. The van der Waals surface area contributed by atoms with Crippen LogP contribution in [-0.2, 0) is 17.8 Å². The van der Waals surface area contributed by atoms with Gasteiger partial charge in [0, 0.05) is 19.5 Å². The Morgan fingerprint density at radius 3 is 2.68 bits per heavy atom. The van der Waals surface area contributed by atoms with Crippen LogP contribution in [0.3, 0.4) is 0 Å². The maximum absolute atomic E-state index is 12.2. The van der Waals surface area contributed by atoms with Gasteiger partial charge in [0.1, 0.15) is 11.6 Å². The predicted molar refractivity (Wildman–Crippen MR) is 125 cm³/mol. The molecule has 0 saturated carbocycles. The van der Waals surface area contributed by atoms with Crippen molar-refractivity contribution >= 4 is 34.5 Å². The summed E-state index contributed by atoms with van der Waals surface area (Å²) in [5.41, 5.74) is 1.88. The Kier molecular flexibility index (Phi) is 8.11. The van der Waals surface area contributed by atoms with E-state index in [-0.39, 0.29) is 5.91 Å². The van der Waals surface area contributed by atoms with E-state index in [1.807, 2.05) is 35.2 Å². The second-order valence-electron chi connectivity index (χ2n) is 7.64. The van der Waals surface area contributed by atoms with Crippen molar-refractivity contribution in [2.45, 2.75) is 38.4 Å². The molecule has 1 amide bonds. The van der Waals surface area contributed by atoms with E-state index in [2.05, 4.69) is 39.5 Å². The molecule has 3 aromatic rings. The second kappa shape index (κ2) is 11.0. The smallest absolute Gasteiger partial charge is 0.220 e. The van der Waals surface area contributed by atoms with Crippen molar-refractivity contribution < 1.29 is 9.53 Å². The first-order valence-corrected chi connectivity index (χ1v) is 11.6. The molecule has 2 aromatic heterocycles. The Labute approximate surface area is 187 Å². The minimum absolute atomic E-state index is 0.0194. The molecule has 0 aliphatic heterocycles. The van der Waals surface area contributed by atoms with E-state index in [1.54, 1.807) is 13.3 Å². The van der Waals surface area contributed by atoms with Gasteiger partial charge in [-0.25, -0.2) is 14.6 Å². The van der Waals surface area contributed by atoms with E-state index < -0.39 is 0 Å². The fourth-order valence-electron chi connectivity index (χ4n) is 3.07. The molecule has 8 nitrogen and oxygen atoms in total. The van der Waals surface area contributed by atoms with E-state index >= 15 is 0 Å². The monoisotopic (exact) mass is 442 g/mol. The van der Waals surface area contributed by atoms with Crippen LogP contribution in [0.25, 0.3) is 11.0 Å². The van der Waals surface area contributed by atoms with Gasteiger partial charge in [0.2, 0.25) is 5.91 Å². The van der Waals surface area contributed by atoms with E-state index in [0.29, 0.717) is 37.0 Å². The standard InChI is InChI=1S/C22H30N6O2S/c1-15(2)13-24-20-18-14-25-28(21(18)27-22(26-20)31-4)12-11-23-19(29)10-7-16-5-8-17(30-3)9-6-16/h5-6,8-9,14-15H,7,10-13H2,1-4H3,(H,23,29)(H,24,26,27). The molecule has 0 aliphatic carbocycles. The number of carbonyl (C=O) groups is 1. The lowest BCUT2D eigenvalue weighted by Gasteiger charge is -2.11. The maximum atomic E-state index is 12.2. The number of methoxy groups -OCH3 is 1. The van der Waals surface area contributed by atoms with Gasteiger partial charge in [-0.15, -0.1) is 0 Å². The number of carbonyl (C=O) groups excluding carboxylic acids is 1. The molecule has 0 unspecified atom stereocenters. The molecule has 0 atom stereocenters. The molecule has 0 spiro atoms. The van der Waals surface area contributed by atoms with Crippen molar-refractivity contribution in [1.82, 2.24) is 25.1 Å². The quantitative estimate of drug-likeness (QED) is 0.347. The molecular formula is C22H30N6O2S. The average Bonchev–Trinajstić information content (AvgIpc) is 3.19. The van der Waals surface area contributed by atoms with Crippen LogP contribution in [0.5, 0.6) is 5.75 Å². The lowest BCUT2D eigenvalue weighted by molar-refractivity contribution is -0.121. The highest BCUT2D eigenvalue weighted by molar-refractivity contribution is 7.98. The fraction of sp³-hybridized carbons (Fsp3) is 0.455. The summed E-state index contributed by atoms with van der Waals surface area (Å²) in [6.07, 6.45) is 4.87. The number of hydrogen-bond acceptors (Lipinski definition) is 7. The Morgan fingerprint density at radius 2 is 2.00 bits per heavy atom. The molecule has 1 aromatic carbocycles. The Bertz CT molecular complexity index is 1000. The summed E-state index contributed by atoms with van der Waals surface area (Å²) in [6, 6.07) is 7.78. The van der Waals surface area contributed by atoms with Gasteiger partial charge in [-0.05, 0) is 36.3 Å².